The Hall–Kier alpha value is -2.14. The van der Waals surface area contributed by atoms with Gasteiger partial charge in [-0.3, -0.25) is 9.59 Å². The fourth-order valence-electron chi connectivity index (χ4n) is 2.18. The monoisotopic (exact) mass is 316 g/mol. The van der Waals surface area contributed by atoms with Crippen molar-refractivity contribution in [3.63, 3.8) is 0 Å². The number of benzene rings is 1. The minimum Gasteiger partial charge on any atom is -0.356 e. The molecule has 4 nitrogen and oxygen atoms in total. The Morgan fingerprint density at radius 2 is 1.91 bits per heavy atom. The topological polar surface area (TPSA) is 58.2 Å². The smallest absolute Gasteiger partial charge is 0.222 e. The van der Waals surface area contributed by atoms with Crippen LogP contribution in [-0.4, -0.2) is 18.4 Å². The van der Waals surface area contributed by atoms with E-state index in [0.717, 1.165) is 11.3 Å². The van der Waals surface area contributed by atoms with Gasteiger partial charge in [0.05, 0.1) is 6.04 Å². The molecular formula is C17H20N2O2S. The van der Waals surface area contributed by atoms with Crippen LogP contribution in [-0.2, 0) is 16.0 Å². The van der Waals surface area contributed by atoms with Gasteiger partial charge in [0, 0.05) is 24.8 Å². The summed E-state index contributed by atoms with van der Waals surface area (Å²) in [7, 11) is 0. The molecule has 116 valence electrons. The Morgan fingerprint density at radius 3 is 2.55 bits per heavy atom. The molecule has 2 N–H and O–H groups in total. The van der Waals surface area contributed by atoms with E-state index < -0.39 is 0 Å². The first-order valence-electron chi connectivity index (χ1n) is 7.26. The minimum absolute atomic E-state index is 0.0350. The molecule has 2 aromatic rings. The highest BCUT2D eigenvalue weighted by molar-refractivity contribution is 7.10. The lowest BCUT2D eigenvalue weighted by molar-refractivity contribution is -0.122. The van der Waals surface area contributed by atoms with Crippen molar-refractivity contribution in [2.24, 2.45) is 0 Å². The summed E-state index contributed by atoms with van der Waals surface area (Å²) in [5.41, 5.74) is 1.18. The summed E-state index contributed by atoms with van der Waals surface area (Å²) in [6.45, 7) is 1.81. The van der Waals surface area contributed by atoms with E-state index >= 15 is 0 Å². The molecule has 0 aliphatic rings. The van der Waals surface area contributed by atoms with Crippen LogP contribution in [0, 0.1) is 0 Å². The number of carbonyl (C=O) groups is 2. The van der Waals surface area contributed by atoms with Crippen LogP contribution >= 0.6 is 11.3 Å². The lowest BCUT2D eigenvalue weighted by Gasteiger charge is -2.18. The van der Waals surface area contributed by atoms with E-state index in [1.807, 2.05) is 35.7 Å². The Morgan fingerprint density at radius 1 is 1.14 bits per heavy atom. The molecule has 1 atom stereocenters. The van der Waals surface area contributed by atoms with Gasteiger partial charge in [-0.1, -0.05) is 36.4 Å². The Labute approximate surface area is 134 Å². The van der Waals surface area contributed by atoms with E-state index in [-0.39, 0.29) is 24.3 Å². The van der Waals surface area contributed by atoms with E-state index in [0.29, 0.717) is 6.54 Å². The zero-order valence-electron chi connectivity index (χ0n) is 12.5. The second-order valence-electron chi connectivity index (χ2n) is 5.06. The van der Waals surface area contributed by atoms with Crippen LogP contribution in [0.5, 0.6) is 0 Å². The number of nitrogens with one attached hydrogen (secondary N) is 2. The van der Waals surface area contributed by atoms with Gasteiger partial charge in [0.2, 0.25) is 11.8 Å². The molecule has 0 bridgehead atoms. The van der Waals surface area contributed by atoms with E-state index in [1.165, 1.54) is 12.5 Å². The lowest BCUT2D eigenvalue weighted by Crippen LogP contribution is -2.32. The van der Waals surface area contributed by atoms with Crippen molar-refractivity contribution in [2.45, 2.75) is 25.8 Å². The summed E-state index contributed by atoms with van der Waals surface area (Å²) in [6.07, 6.45) is 1.05. The highest BCUT2D eigenvalue weighted by Gasteiger charge is 2.16. The van der Waals surface area contributed by atoms with Crippen LogP contribution in [0.3, 0.4) is 0 Å². The second kappa shape index (κ2) is 8.34. The first-order chi connectivity index (χ1) is 10.6. The number of amides is 2. The standard InChI is InChI=1S/C17H20N2O2S/c1-13(20)18-10-9-17(21)19-15(16-8-5-11-22-16)12-14-6-3-2-4-7-14/h2-8,11,15H,9-10,12H2,1H3,(H,18,20)(H,19,21)/t15-/m0/s1. The molecule has 0 radical (unpaired) electrons. The van der Waals surface area contributed by atoms with Crippen molar-refractivity contribution in [3.05, 3.63) is 58.3 Å². The van der Waals surface area contributed by atoms with Gasteiger partial charge in [0.15, 0.2) is 0 Å². The lowest BCUT2D eigenvalue weighted by atomic mass is 10.0. The number of rotatable bonds is 7. The zero-order valence-corrected chi connectivity index (χ0v) is 13.4. The van der Waals surface area contributed by atoms with Crippen molar-refractivity contribution >= 4 is 23.2 Å². The molecule has 0 spiro atoms. The van der Waals surface area contributed by atoms with Crippen LogP contribution in [0.2, 0.25) is 0 Å². The molecule has 22 heavy (non-hydrogen) atoms. The third-order valence-corrected chi connectivity index (χ3v) is 4.22. The third kappa shape index (κ3) is 5.33. The maximum Gasteiger partial charge on any atom is 0.222 e. The summed E-state index contributed by atoms with van der Waals surface area (Å²) >= 11 is 1.64. The zero-order chi connectivity index (χ0) is 15.8. The van der Waals surface area contributed by atoms with Crippen LogP contribution in [0.25, 0.3) is 0 Å². The molecule has 0 unspecified atom stereocenters. The highest BCUT2D eigenvalue weighted by atomic mass is 32.1. The fourth-order valence-corrected chi connectivity index (χ4v) is 2.96. The maximum absolute atomic E-state index is 12.1. The second-order valence-corrected chi connectivity index (χ2v) is 6.04. The molecule has 1 heterocycles. The molecule has 2 amide bonds. The molecule has 0 saturated heterocycles. The Balaban J connectivity index is 1.96. The Bertz CT molecular complexity index is 596. The van der Waals surface area contributed by atoms with Crippen LogP contribution in [0.4, 0.5) is 0 Å². The average molecular weight is 316 g/mol. The van der Waals surface area contributed by atoms with Gasteiger partial charge < -0.3 is 10.6 Å². The van der Waals surface area contributed by atoms with Gasteiger partial charge in [-0.05, 0) is 23.4 Å². The van der Waals surface area contributed by atoms with Gasteiger partial charge in [-0.2, -0.15) is 0 Å². The summed E-state index contributed by atoms with van der Waals surface area (Å²) in [5, 5.41) is 7.71. The van der Waals surface area contributed by atoms with Crippen LogP contribution < -0.4 is 10.6 Å². The number of hydrogen-bond donors (Lipinski definition) is 2. The van der Waals surface area contributed by atoms with Crippen molar-refractivity contribution < 1.29 is 9.59 Å². The molecule has 5 heteroatoms. The predicted molar refractivity (Wildman–Crippen MR) is 88.6 cm³/mol. The highest BCUT2D eigenvalue weighted by Crippen LogP contribution is 2.23. The van der Waals surface area contributed by atoms with Gasteiger partial charge >= 0.3 is 0 Å². The van der Waals surface area contributed by atoms with Gasteiger partial charge in [0.25, 0.3) is 0 Å². The van der Waals surface area contributed by atoms with E-state index in [9.17, 15) is 9.59 Å². The average Bonchev–Trinajstić information content (AvgIpc) is 3.01. The maximum atomic E-state index is 12.1. The molecule has 1 aromatic heterocycles. The first kappa shape index (κ1) is 16.2. The van der Waals surface area contributed by atoms with Crippen LogP contribution in [0.1, 0.15) is 29.8 Å². The Kier molecular flexibility index (Phi) is 6.15. The molecule has 0 aliphatic carbocycles. The van der Waals surface area contributed by atoms with Crippen molar-refractivity contribution in [1.82, 2.24) is 10.6 Å². The van der Waals surface area contributed by atoms with Gasteiger partial charge in [0.1, 0.15) is 0 Å². The van der Waals surface area contributed by atoms with Crippen LogP contribution in [0.15, 0.2) is 47.8 Å². The third-order valence-electron chi connectivity index (χ3n) is 3.23. The summed E-state index contributed by atoms with van der Waals surface area (Å²) < 4.78 is 0. The van der Waals surface area contributed by atoms with Crippen molar-refractivity contribution in [1.29, 1.82) is 0 Å². The largest absolute Gasteiger partial charge is 0.356 e. The normalized spacial score (nSPS) is 11.7. The summed E-state index contributed by atoms with van der Waals surface area (Å²) in [4.78, 5) is 24.0. The number of carbonyl (C=O) groups excluding carboxylic acids is 2. The number of thiophene rings is 1. The van der Waals surface area contributed by atoms with E-state index in [1.54, 1.807) is 11.3 Å². The predicted octanol–water partition coefficient (Wildman–Crippen LogP) is 2.67. The molecule has 0 aliphatic heterocycles. The van der Waals surface area contributed by atoms with E-state index in [4.69, 9.17) is 0 Å². The fraction of sp³-hybridized carbons (Fsp3) is 0.294. The molecule has 1 aromatic carbocycles. The van der Waals surface area contributed by atoms with Crippen molar-refractivity contribution in [2.75, 3.05) is 6.54 Å². The minimum atomic E-state index is -0.119. The van der Waals surface area contributed by atoms with Crippen molar-refractivity contribution in [3.8, 4) is 0 Å². The number of hydrogen-bond acceptors (Lipinski definition) is 3. The van der Waals surface area contributed by atoms with E-state index in [2.05, 4.69) is 22.8 Å². The summed E-state index contributed by atoms with van der Waals surface area (Å²) in [6, 6.07) is 14.1. The SMILES string of the molecule is CC(=O)NCCC(=O)N[C@@H](Cc1ccccc1)c1cccs1. The van der Waals surface area contributed by atoms with Gasteiger partial charge in [-0.25, -0.2) is 0 Å². The quantitative estimate of drug-likeness (QED) is 0.825. The molecule has 2 rings (SSSR count). The molecular weight excluding hydrogens is 296 g/mol. The summed E-state index contributed by atoms with van der Waals surface area (Å²) in [5.74, 6) is -0.171. The molecule has 0 saturated carbocycles. The first-order valence-corrected chi connectivity index (χ1v) is 8.14. The van der Waals surface area contributed by atoms with Gasteiger partial charge in [-0.15, -0.1) is 11.3 Å². The molecule has 0 fully saturated rings.